The summed E-state index contributed by atoms with van der Waals surface area (Å²) < 4.78 is 22.0. The van der Waals surface area contributed by atoms with Crippen LogP contribution in [0.3, 0.4) is 0 Å². The zero-order valence-electron chi connectivity index (χ0n) is 17.1. The first-order valence-corrected chi connectivity index (χ1v) is 10.7. The van der Waals surface area contributed by atoms with Crippen LogP contribution in [0.1, 0.15) is 41.7 Å². The van der Waals surface area contributed by atoms with Gasteiger partial charge in [-0.1, -0.05) is 25.0 Å². The highest BCUT2D eigenvalue weighted by Gasteiger charge is 2.49. The van der Waals surface area contributed by atoms with E-state index in [4.69, 9.17) is 4.74 Å². The summed E-state index contributed by atoms with van der Waals surface area (Å²) in [6.07, 6.45) is 7.38. The van der Waals surface area contributed by atoms with Crippen LogP contribution in [0.15, 0.2) is 48.8 Å². The first kappa shape index (κ1) is 20.1. The quantitative estimate of drug-likeness (QED) is 0.529. The second kappa shape index (κ2) is 8.03. The Morgan fingerprint density at radius 1 is 1.29 bits per heavy atom. The number of halogens is 1. The largest absolute Gasteiger partial charge is 0.396 e. The number of rotatable bonds is 6. The Hall–Kier alpha value is -2.81. The third-order valence-corrected chi connectivity index (χ3v) is 6.33. The molecule has 0 bridgehead atoms. The molecule has 1 amide bonds. The van der Waals surface area contributed by atoms with Gasteiger partial charge >= 0.3 is 0 Å². The van der Waals surface area contributed by atoms with Gasteiger partial charge in [0.2, 0.25) is 0 Å². The van der Waals surface area contributed by atoms with Gasteiger partial charge in [0.25, 0.3) is 5.91 Å². The van der Waals surface area contributed by atoms with Crippen molar-refractivity contribution >= 4 is 17.2 Å². The molecule has 1 unspecified atom stereocenters. The molecule has 162 valence electrons. The van der Waals surface area contributed by atoms with E-state index in [-0.39, 0.29) is 24.3 Å². The molecule has 2 aromatic heterocycles. The van der Waals surface area contributed by atoms with Crippen molar-refractivity contribution in [3.8, 4) is 0 Å². The third kappa shape index (κ3) is 3.82. The number of aromatic nitrogens is 2. The summed E-state index contributed by atoms with van der Waals surface area (Å²) in [6, 6.07) is 10.2. The van der Waals surface area contributed by atoms with Gasteiger partial charge < -0.3 is 15.2 Å². The fourth-order valence-corrected chi connectivity index (χ4v) is 4.48. The van der Waals surface area contributed by atoms with Gasteiger partial charge in [0, 0.05) is 24.4 Å². The number of nitrogens with zero attached hydrogens (tertiary/aromatic N) is 2. The van der Waals surface area contributed by atoms with Gasteiger partial charge in [-0.2, -0.15) is 0 Å². The van der Waals surface area contributed by atoms with Crippen molar-refractivity contribution < 1.29 is 19.0 Å². The van der Waals surface area contributed by atoms with Crippen molar-refractivity contribution in [1.29, 1.82) is 0 Å². The SMILES string of the molecule is O=C(Nc1cc(C2(N[C@@H]3CCCC[C@H]3CO)CO2)ccc1F)c1cnc2ccccn12. The van der Waals surface area contributed by atoms with Gasteiger partial charge in [0.05, 0.1) is 18.5 Å². The first-order chi connectivity index (χ1) is 15.1. The molecule has 0 spiro atoms. The smallest absolute Gasteiger partial charge is 0.274 e. The molecule has 1 saturated heterocycles. The molecule has 3 aromatic rings. The van der Waals surface area contributed by atoms with E-state index in [0.717, 1.165) is 31.2 Å². The van der Waals surface area contributed by atoms with E-state index in [1.54, 1.807) is 34.9 Å². The Kier molecular flexibility index (Phi) is 5.21. The lowest BCUT2D eigenvalue weighted by Crippen LogP contribution is -2.46. The highest BCUT2D eigenvalue weighted by atomic mass is 19.1. The Bertz CT molecular complexity index is 1110. The number of imidazole rings is 1. The molecule has 1 aliphatic heterocycles. The van der Waals surface area contributed by atoms with Crippen LogP contribution in [0, 0.1) is 11.7 Å². The average Bonchev–Trinajstić information content (AvgIpc) is 3.44. The van der Waals surface area contributed by atoms with Crippen molar-refractivity contribution in [3.05, 3.63) is 65.9 Å². The standard InChI is InChI=1S/C23H25FN4O3/c24-17-9-8-16(23(14-31-23)27-18-6-2-1-5-15(18)13-29)11-19(17)26-22(30)20-12-25-21-7-3-4-10-28(20)21/h3-4,7-12,15,18,27,29H,1-2,5-6,13-14H2,(H,26,30)/t15-,18+,23?/m0/s1. The molecule has 3 heterocycles. The van der Waals surface area contributed by atoms with Gasteiger partial charge in [-0.05, 0) is 43.0 Å². The summed E-state index contributed by atoms with van der Waals surface area (Å²) in [5, 5.41) is 15.9. The van der Waals surface area contributed by atoms with Crippen molar-refractivity contribution in [2.75, 3.05) is 18.5 Å². The van der Waals surface area contributed by atoms with Crippen LogP contribution in [-0.2, 0) is 10.5 Å². The van der Waals surface area contributed by atoms with Crippen molar-refractivity contribution in [2.24, 2.45) is 5.92 Å². The summed E-state index contributed by atoms with van der Waals surface area (Å²) in [5.41, 5.74) is 1.11. The number of aliphatic hydroxyl groups is 1. The minimum Gasteiger partial charge on any atom is -0.396 e. The number of epoxide rings is 1. The average molecular weight is 424 g/mol. The first-order valence-electron chi connectivity index (χ1n) is 10.7. The van der Waals surface area contributed by atoms with Crippen molar-refractivity contribution in [1.82, 2.24) is 14.7 Å². The van der Waals surface area contributed by atoms with Crippen molar-refractivity contribution in [2.45, 2.75) is 37.5 Å². The minimum atomic E-state index is -0.702. The Morgan fingerprint density at radius 2 is 2.13 bits per heavy atom. The second-order valence-corrected chi connectivity index (χ2v) is 8.31. The summed E-state index contributed by atoms with van der Waals surface area (Å²) in [5.74, 6) is -0.779. The van der Waals surface area contributed by atoms with Crippen LogP contribution in [0.5, 0.6) is 0 Å². The highest BCUT2D eigenvalue weighted by molar-refractivity contribution is 6.03. The lowest BCUT2D eigenvalue weighted by Gasteiger charge is -2.33. The van der Waals surface area contributed by atoms with Crippen LogP contribution in [0.25, 0.3) is 5.65 Å². The van der Waals surface area contributed by atoms with E-state index in [1.165, 1.54) is 12.3 Å². The minimum absolute atomic E-state index is 0.0902. The monoisotopic (exact) mass is 424 g/mol. The van der Waals surface area contributed by atoms with E-state index in [9.17, 15) is 14.3 Å². The van der Waals surface area contributed by atoms with E-state index in [2.05, 4.69) is 15.6 Å². The van der Waals surface area contributed by atoms with Crippen LogP contribution in [0.4, 0.5) is 10.1 Å². The molecule has 1 aliphatic carbocycles. The van der Waals surface area contributed by atoms with E-state index in [1.807, 2.05) is 6.07 Å². The van der Waals surface area contributed by atoms with E-state index < -0.39 is 17.4 Å². The van der Waals surface area contributed by atoms with Gasteiger partial charge in [0.1, 0.15) is 17.2 Å². The molecule has 0 radical (unpaired) electrons. The number of aliphatic hydroxyl groups excluding tert-OH is 1. The molecule has 1 aromatic carbocycles. The second-order valence-electron chi connectivity index (χ2n) is 8.31. The molecule has 7 nitrogen and oxygen atoms in total. The normalized spacial score (nSPS) is 25.5. The molecule has 1 saturated carbocycles. The number of ether oxygens (including phenoxy) is 1. The summed E-state index contributed by atoms with van der Waals surface area (Å²) in [4.78, 5) is 17.0. The topological polar surface area (TPSA) is 91.2 Å². The number of pyridine rings is 1. The van der Waals surface area contributed by atoms with E-state index in [0.29, 0.717) is 17.9 Å². The maximum atomic E-state index is 14.5. The predicted molar refractivity (Wildman–Crippen MR) is 113 cm³/mol. The zero-order valence-corrected chi connectivity index (χ0v) is 17.1. The Balaban J connectivity index is 1.37. The van der Waals surface area contributed by atoms with Gasteiger partial charge in [-0.3, -0.25) is 14.5 Å². The number of anilines is 1. The highest BCUT2D eigenvalue weighted by Crippen LogP contribution is 2.40. The summed E-state index contributed by atoms with van der Waals surface area (Å²) >= 11 is 0. The Labute approximate surface area is 179 Å². The van der Waals surface area contributed by atoms with Crippen LogP contribution >= 0.6 is 0 Å². The van der Waals surface area contributed by atoms with Gasteiger partial charge in [0.15, 0.2) is 5.72 Å². The molecule has 8 heteroatoms. The number of hydrogen-bond donors (Lipinski definition) is 3. The molecule has 3 N–H and O–H groups in total. The molecule has 5 rings (SSSR count). The number of hydrogen-bond acceptors (Lipinski definition) is 5. The van der Waals surface area contributed by atoms with Crippen molar-refractivity contribution in [3.63, 3.8) is 0 Å². The molecule has 31 heavy (non-hydrogen) atoms. The third-order valence-electron chi connectivity index (χ3n) is 6.33. The fourth-order valence-electron chi connectivity index (χ4n) is 4.48. The van der Waals surface area contributed by atoms with Crippen LogP contribution in [0.2, 0.25) is 0 Å². The summed E-state index contributed by atoms with van der Waals surface area (Å²) in [6.45, 7) is 0.603. The number of benzene rings is 1. The summed E-state index contributed by atoms with van der Waals surface area (Å²) in [7, 11) is 0. The molecule has 3 atom stereocenters. The lowest BCUT2D eigenvalue weighted by atomic mass is 9.84. The van der Waals surface area contributed by atoms with Gasteiger partial charge in [-0.25, -0.2) is 9.37 Å². The number of amides is 1. The number of carbonyl (C=O) groups is 1. The van der Waals surface area contributed by atoms with Gasteiger partial charge in [-0.15, -0.1) is 0 Å². The molecular weight excluding hydrogens is 399 g/mol. The Morgan fingerprint density at radius 3 is 2.94 bits per heavy atom. The number of fused-ring (bicyclic) bond motifs is 1. The molecular formula is C23H25FN4O3. The fraction of sp³-hybridized carbons (Fsp3) is 0.391. The lowest BCUT2D eigenvalue weighted by molar-refractivity contribution is 0.102. The van der Waals surface area contributed by atoms with Crippen LogP contribution < -0.4 is 10.6 Å². The predicted octanol–water partition coefficient (Wildman–Crippen LogP) is 3.05. The molecule has 2 fully saturated rings. The molecule has 2 aliphatic rings. The number of carbonyl (C=O) groups excluding carboxylic acids is 1. The maximum absolute atomic E-state index is 14.5. The maximum Gasteiger partial charge on any atom is 0.274 e. The van der Waals surface area contributed by atoms with E-state index >= 15 is 0 Å². The zero-order chi connectivity index (χ0) is 21.4. The van der Waals surface area contributed by atoms with Crippen LogP contribution in [-0.4, -0.2) is 39.7 Å². The number of nitrogens with one attached hydrogen (secondary N) is 2.